The molecule has 0 N–H and O–H groups in total. The molecule has 0 aliphatic carbocycles. The van der Waals surface area contributed by atoms with Crippen molar-refractivity contribution in [2.75, 3.05) is 11.4 Å². The molecule has 2 heterocycles. The molecule has 90 valence electrons. The summed E-state index contributed by atoms with van der Waals surface area (Å²) >= 11 is 0. The van der Waals surface area contributed by atoms with Crippen LogP contribution in [0, 0.1) is 11.3 Å². The minimum atomic E-state index is 0.625. The third-order valence-corrected chi connectivity index (χ3v) is 2.66. The third-order valence-electron chi connectivity index (χ3n) is 2.66. The summed E-state index contributed by atoms with van der Waals surface area (Å²) in [6.45, 7) is 3.57. The van der Waals surface area contributed by atoms with E-state index in [2.05, 4.69) is 27.9 Å². The molecule has 0 saturated carbocycles. The van der Waals surface area contributed by atoms with E-state index >= 15 is 0 Å². The Morgan fingerprint density at radius 3 is 2.78 bits per heavy atom. The standard InChI is InChI=1S/C14H14N4/c1-2-18(11-13-5-3-4-7-16-13)14-9-12(10-15)6-8-17-14/h3-9H,2,11H2,1H3. The monoisotopic (exact) mass is 238 g/mol. The average molecular weight is 238 g/mol. The average Bonchev–Trinajstić information content (AvgIpc) is 2.46. The zero-order valence-corrected chi connectivity index (χ0v) is 10.2. The predicted molar refractivity (Wildman–Crippen MR) is 69.9 cm³/mol. The summed E-state index contributed by atoms with van der Waals surface area (Å²) in [5.74, 6) is 0.808. The van der Waals surface area contributed by atoms with Crippen LogP contribution in [-0.2, 0) is 6.54 Å². The maximum Gasteiger partial charge on any atom is 0.130 e. The first-order chi connectivity index (χ1) is 8.83. The lowest BCUT2D eigenvalue weighted by Gasteiger charge is -2.21. The SMILES string of the molecule is CCN(Cc1ccccn1)c1cc(C#N)ccn1. The van der Waals surface area contributed by atoms with Gasteiger partial charge < -0.3 is 4.90 Å². The molecule has 0 atom stereocenters. The van der Waals surface area contributed by atoms with Gasteiger partial charge in [0.05, 0.1) is 23.9 Å². The maximum absolute atomic E-state index is 8.90. The minimum Gasteiger partial charge on any atom is -0.351 e. The molecule has 0 bridgehead atoms. The summed E-state index contributed by atoms with van der Waals surface area (Å²) in [5.41, 5.74) is 1.61. The molecule has 2 rings (SSSR count). The van der Waals surface area contributed by atoms with Crippen LogP contribution < -0.4 is 4.90 Å². The van der Waals surface area contributed by atoms with E-state index in [9.17, 15) is 0 Å². The van der Waals surface area contributed by atoms with E-state index in [1.54, 1.807) is 24.5 Å². The molecule has 0 unspecified atom stereocenters. The van der Waals surface area contributed by atoms with Crippen molar-refractivity contribution in [2.24, 2.45) is 0 Å². The van der Waals surface area contributed by atoms with Crippen LogP contribution in [0.3, 0.4) is 0 Å². The maximum atomic E-state index is 8.90. The van der Waals surface area contributed by atoms with Crippen molar-refractivity contribution in [3.05, 3.63) is 54.0 Å². The molecule has 0 aromatic carbocycles. The first kappa shape index (κ1) is 12.1. The van der Waals surface area contributed by atoms with Crippen LogP contribution >= 0.6 is 0 Å². The van der Waals surface area contributed by atoms with Gasteiger partial charge in [-0.25, -0.2) is 4.98 Å². The summed E-state index contributed by atoms with van der Waals surface area (Å²) in [6.07, 6.45) is 3.44. The van der Waals surface area contributed by atoms with Gasteiger partial charge in [0.1, 0.15) is 5.82 Å². The smallest absolute Gasteiger partial charge is 0.130 e. The molecule has 0 radical (unpaired) electrons. The van der Waals surface area contributed by atoms with Gasteiger partial charge >= 0.3 is 0 Å². The van der Waals surface area contributed by atoms with E-state index in [1.807, 2.05) is 18.2 Å². The Kier molecular flexibility index (Phi) is 3.87. The van der Waals surface area contributed by atoms with Gasteiger partial charge in [0.15, 0.2) is 0 Å². The van der Waals surface area contributed by atoms with Crippen LogP contribution in [0.5, 0.6) is 0 Å². The number of aromatic nitrogens is 2. The number of pyridine rings is 2. The van der Waals surface area contributed by atoms with Crippen molar-refractivity contribution in [1.82, 2.24) is 9.97 Å². The molecule has 4 nitrogen and oxygen atoms in total. The molecular weight excluding hydrogens is 224 g/mol. The summed E-state index contributed by atoms with van der Waals surface area (Å²) in [6, 6.07) is 11.5. The molecule has 0 amide bonds. The highest BCUT2D eigenvalue weighted by Crippen LogP contribution is 2.14. The van der Waals surface area contributed by atoms with Crippen molar-refractivity contribution >= 4 is 5.82 Å². The highest BCUT2D eigenvalue weighted by molar-refractivity contribution is 5.45. The fourth-order valence-electron chi connectivity index (χ4n) is 1.70. The molecule has 0 aliphatic rings. The van der Waals surface area contributed by atoms with Gasteiger partial charge in [0.2, 0.25) is 0 Å². The Morgan fingerprint density at radius 1 is 1.22 bits per heavy atom. The van der Waals surface area contributed by atoms with Crippen molar-refractivity contribution in [3.63, 3.8) is 0 Å². The number of nitrogens with zero attached hydrogens (tertiary/aromatic N) is 4. The van der Waals surface area contributed by atoms with Gasteiger partial charge in [0.25, 0.3) is 0 Å². The summed E-state index contributed by atoms with van der Waals surface area (Å²) in [7, 11) is 0. The van der Waals surface area contributed by atoms with Gasteiger partial charge in [0, 0.05) is 18.9 Å². The van der Waals surface area contributed by atoms with E-state index in [-0.39, 0.29) is 0 Å². The number of anilines is 1. The van der Waals surface area contributed by atoms with E-state index in [4.69, 9.17) is 5.26 Å². The lowest BCUT2D eigenvalue weighted by molar-refractivity contribution is 0.794. The third kappa shape index (κ3) is 2.83. The topological polar surface area (TPSA) is 52.8 Å². The lowest BCUT2D eigenvalue weighted by atomic mass is 10.2. The van der Waals surface area contributed by atoms with Crippen molar-refractivity contribution in [2.45, 2.75) is 13.5 Å². The molecule has 0 aliphatic heterocycles. The van der Waals surface area contributed by atoms with Crippen molar-refractivity contribution < 1.29 is 0 Å². The first-order valence-electron chi connectivity index (χ1n) is 5.84. The number of nitriles is 1. The predicted octanol–water partition coefficient (Wildman–Crippen LogP) is 2.37. The quantitative estimate of drug-likeness (QED) is 0.820. The van der Waals surface area contributed by atoms with E-state index < -0.39 is 0 Å². The second-order valence-corrected chi connectivity index (χ2v) is 3.85. The van der Waals surface area contributed by atoms with Crippen molar-refractivity contribution in [1.29, 1.82) is 5.26 Å². The normalized spacial score (nSPS) is 9.78. The molecule has 4 heteroatoms. The second-order valence-electron chi connectivity index (χ2n) is 3.85. The van der Waals surface area contributed by atoms with Gasteiger partial charge in [-0.3, -0.25) is 4.98 Å². The zero-order valence-electron chi connectivity index (χ0n) is 10.2. The number of rotatable bonds is 4. The Bertz CT molecular complexity index is 545. The molecule has 0 spiro atoms. The number of hydrogen-bond acceptors (Lipinski definition) is 4. The van der Waals surface area contributed by atoms with E-state index in [1.165, 1.54) is 0 Å². The zero-order chi connectivity index (χ0) is 12.8. The van der Waals surface area contributed by atoms with Crippen LogP contribution in [-0.4, -0.2) is 16.5 Å². The fraction of sp³-hybridized carbons (Fsp3) is 0.214. The largest absolute Gasteiger partial charge is 0.351 e. The number of hydrogen-bond donors (Lipinski definition) is 0. The summed E-state index contributed by atoms with van der Waals surface area (Å²) < 4.78 is 0. The Morgan fingerprint density at radius 2 is 2.11 bits per heavy atom. The Hall–Kier alpha value is -2.41. The highest BCUT2D eigenvalue weighted by Gasteiger charge is 2.07. The molecule has 18 heavy (non-hydrogen) atoms. The fourth-order valence-corrected chi connectivity index (χ4v) is 1.70. The molecule has 0 fully saturated rings. The molecule has 2 aromatic rings. The second kappa shape index (κ2) is 5.78. The Labute approximate surface area is 107 Å². The summed E-state index contributed by atoms with van der Waals surface area (Å²) in [5, 5.41) is 8.90. The van der Waals surface area contributed by atoms with Crippen LogP contribution in [0.1, 0.15) is 18.2 Å². The molecule has 2 aromatic heterocycles. The van der Waals surface area contributed by atoms with Gasteiger partial charge in [-0.1, -0.05) is 6.07 Å². The van der Waals surface area contributed by atoms with Crippen molar-refractivity contribution in [3.8, 4) is 6.07 Å². The highest BCUT2D eigenvalue weighted by atomic mass is 15.2. The van der Waals surface area contributed by atoms with E-state index in [0.29, 0.717) is 12.1 Å². The van der Waals surface area contributed by atoms with Gasteiger partial charge in [-0.15, -0.1) is 0 Å². The minimum absolute atomic E-state index is 0.625. The Balaban J connectivity index is 2.21. The van der Waals surface area contributed by atoms with Gasteiger partial charge in [-0.2, -0.15) is 5.26 Å². The van der Waals surface area contributed by atoms with Crippen LogP contribution in [0.15, 0.2) is 42.7 Å². The lowest BCUT2D eigenvalue weighted by Crippen LogP contribution is -2.23. The molecular formula is C14H14N4. The molecule has 0 saturated heterocycles. The van der Waals surface area contributed by atoms with Crippen LogP contribution in [0.4, 0.5) is 5.82 Å². The van der Waals surface area contributed by atoms with E-state index in [0.717, 1.165) is 18.1 Å². The van der Waals surface area contributed by atoms with Gasteiger partial charge in [-0.05, 0) is 31.2 Å². The van der Waals surface area contributed by atoms with Crippen LogP contribution in [0.2, 0.25) is 0 Å². The summed E-state index contributed by atoms with van der Waals surface area (Å²) in [4.78, 5) is 10.7. The first-order valence-corrected chi connectivity index (χ1v) is 5.84. The van der Waals surface area contributed by atoms with Crippen LogP contribution in [0.25, 0.3) is 0 Å².